The standard InChI is InChI=1S/C11H18N2O3/c1-5-15-11(14)9(4)13-8(3)10-12-6-7(2)16-10/h6,8-9,13H,5H2,1-4H3. The van der Waals surface area contributed by atoms with Gasteiger partial charge in [-0.2, -0.15) is 0 Å². The minimum absolute atomic E-state index is 0.117. The van der Waals surface area contributed by atoms with E-state index in [0.29, 0.717) is 12.5 Å². The fourth-order valence-corrected chi connectivity index (χ4v) is 1.35. The topological polar surface area (TPSA) is 64.4 Å². The first kappa shape index (κ1) is 12.7. The zero-order valence-corrected chi connectivity index (χ0v) is 10.1. The molecule has 0 aliphatic heterocycles. The normalized spacial score (nSPS) is 14.5. The summed E-state index contributed by atoms with van der Waals surface area (Å²) in [5.74, 6) is 1.07. The molecule has 0 aliphatic carbocycles. The van der Waals surface area contributed by atoms with E-state index in [1.54, 1.807) is 20.0 Å². The molecule has 0 amide bonds. The van der Waals surface area contributed by atoms with Gasteiger partial charge in [-0.05, 0) is 27.7 Å². The molecule has 1 aromatic heterocycles. The van der Waals surface area contributed by atoms with Crippen LogP contribution >= 0.6 is 0 Å². The van der Waals surface area contributed by atoms with Gasteiger partial charge in [0, 0.05) is 0 Å². The summed E-state index contributed by atoms with van der Waals surface area (Å²) in [4.78, 5) is 15.5. The molecule has 0 bridgehead atoms. The smallest absolute Gasteiger partial charge is 0.322 e. The number of carbonyl (C=O) groups excluding carboxylic acids is 1. The Hall–Kier alpha value is -1.36. The molecule has 5 nitrogen and oxygen atoms in total. The average Bonchev–Trinajstić information content (AvgIpc) is 2.65. The van der Waals surface area contributed by atoms with Crippen molar-refractivity contribution in [2.45, 2.75) is 39.8 Å². The molecule has 0 fully saturated rings. The largest absolute Gasteiger partial charge is 0.465 e. The maximum atomic E-state index is 11.4. The number of hydrogen-bond donors (Lipinski definition) is 1. The molecule has 5 heteroatoms. The van der Waals surface area contributed by atoms with Crippen LogP contribution in [0, 0.1) is 6.92 Å². The Morgan fingerprint density at radius 3 is 2.81 bits per heavy atom. The predicted octanol–water partition coefficient (Wildman–Crippen LogP) is 1.59. The number of rotatable bonds is 5. The lowest BCUT2D eigenvalue weighted by Crippen LogP contribution is -2.37. The molecule has 1 rings (SSSR count). The Labute approximate surface area is 95.2 Å². The molecule has 0 spiro atoms. The molecule has 2 atom stereocenters. The number of carbonyl (C=O) groups is 1. The summed E-state index contributed by atoms with van der Waals surface area (Å²) in [5.41, 5.74) is 0. The number of hydrogen-bond acceptors (Lipinski definition) is 5. The van der Waals surface area contributed by atoms with Gasteiger partial charge >= 0.3 is 5.97 Å². The summed E-state index contributed by atoms with van der Waals surface area (Å²) in [6, 6.07) is -0.490. The summed E-state index contributed by atoms with van der Waals surface area (Å²) in [6.45, 7) is 7.64. The molecular formula is C11H18N2O3. The van der Waals surface area contributed by atoms with Crippen LogP contribution in [0.25, 0.3) is 0 Å². The van der Waals surface area contributed by atoms with Crippen molar-refractivity contribution < 1.29 is 13.9 Å². The third kappa shape index (κ3) is 3.34. The maximum absolute atomic E-state index is 11.4. The van der Waals surface area contributed by atoms with Crippen LogP contribution in [0.4, 0.5) is 0 Å². The van der Waals surface area contributed by atoms with E-state index in [0.717, 1.165) is 5.76 Å². The van der Waals surface area contributed by atoms with Crippen molar-refractivity contribution in [3.05, 3.63) is 17.8 Å². The lowest BCUT2D eigenvalue weighted by atomic mass is 10.2. The predicted molar refractivity (Wildman–Crippen MR) is 58.9 cm³/mol. The summed E-state index contributed by atoms with van der Waals surface area (Å²) in [5, 5.41) is 3.06. The molecule has 0 aliphatic rings. The fraction of sp³-hybridized carbons (Fsp3) is 0.636. The number of nitrogens with one attached hydrogen (secondary N) is 1. The lowest BCUT2D eigenvalue weighted by Gasteiger charge is -2.16. The van der Waals surface area contributed by atoms with E-state index in [4.69, 9.17) is 9.15 Å². The van der Waals surface area contributed by atoms with E-state index in [2.05, 4.69) is 10.3 Å². The van der Waals surface area contributed by atoms with Gasteiger partial charge < -0.3 is 9.15 Å². The fourth-order valence-electron chi connectivity index (χ4n) is 1.35. The molecule has 1 N–H and O–H groups in total. The van der Waals surface area contributed by atoms with Crippen molar-refractivity contribution in [2.24, 2.45) is 0 Å². The lowest BCUT2D eigenvalue weighted by molar-refractivity contribution is -0.145. The molecule has 90 valence electrons. The van der Waals surface area contributed by atoms with Gasteiger partial charge in [0.05, 0.1) is 18.8 Å². The quantitative estimate of drug-likeness (QED) is 0.772. The van der Waals surface area contributed by atoms with Crippen molar-refractivity contribution in [2.75, 3.05) is 6.61 Å². The second kappa shape index (κ2) is 5.65. The van der Waals surface area contributed by atoms with Gasteiger partial charge in [0.15, 0.2) is 0 Å². The van der Waals surface area contributed by atoms with Crippen molar-refractivity contribution >= 4 is 5.97 Å². The first-order valence-electron chi connectivity index (χ1n) is 5.39. The number of aromatic nitrogens is 1. The molecule has 16 heavy (non-hydrogen) atoms. The van der Waals surface area contributed by atoms with E-state index in [1.807, 2.05) is 13.8 Å². The van der Waals surface area contributed by atoms with Gasteiger partial charge in [-0.25, -0.2) is 4.98 Å². The van der Waals surface area contributed by atoms with Gasteiger partial charge in [-0.3, -0.25) is 10.1 Å². The van der Waals surface area contributed by atoms with E-state index in [1.165, 1.54) is 0 Å². The van der Waals surface area contributed by atoms with Gasteiger partial charge in [0.1, 0.15) is 11.8 Å². The molecular weight excluding hydrogens is 208 g/mol. The molecule has 0 aromatic carbocycles. The summed E-state index contributed by atoms with van der Waals surface area (Å²) >= 11 is 0. The number of nitrogens with zero attached hydrogens (tertiary/aromatic N) is 1. The van der Waals surface area contributed by atoms with Crippen LogP contribution in [0.5, 0.6) is 0 Å². The van der Waals surface area contributed by atoms with Crippen LogP contribution < -0.4 is 5.32 Å². The van der Waals surface area contributed by atoms with Crippen LogP contribution in [0.3, 0.4) is 0 Å². The Balaban J connectivity index is 2.51. The summed E-state index contributed by atoms with van der Waals surface area (Å²) in [7, 11) is 0. The number of aryl methyl sites for hydroxylation is 1. The van der Waals surface area contributed by atoms with E-state index in [9.17, 15) is 4.79 Å². The zero-order valence-electron chi connectivity index (χ0n) is 10.1. The molecule has 0 saturated heterocycles. The summed E-state index contributed by atoms with van der Waals surface area (Å²) in [6.07, 6.45) is 1.66. The Kier molecular flexibility index (Phi) is 4.49. The van der Waals surface area contributed by atoms with Crippen molar-refractivity contribution in [1.29, 1.82) is 0 Å². The maximum Gasteiger partial charge on any atom is 0.322 e. The molecule has 1 aromatic rings. The highest BCUT2D eigenvalue weighted by Crippen LogP contribution is 2.12. The third-order valence-electron chi connectivity index (χ3n) is 2.15. The Bertz CT molecular complexity index is 349. The monoisotopic (exact) mass is 226 g/mol. The average molecular weight is 226 g/mol. The van der Waals surface area contributed by atoms with Gasteiger partial charge in [-0.1, -0.05) is 0 Å². The first-order chi connectivity index (χ1) is 7.54. The second-order valence-electron chi connectivity index (χ2n) is 3.67. The SMILES string of the molecule is CCOC(=O)C(C)NC(C)c1ncc(C)o1. The third-order valence-corrected chi connectivity index (χ3v) is 2.15. The minimum atomic E-state index is -0.373. The highest BCUT2D eigenvalue weighted by atomic mass is 16.5. The van der Waals surface area contributed by atoms with Crippen molar-refractivity contribution in [3.8, 4) is 0 Å². The Morgan fingerprint density at radius 2 is 2.31 bits per heavy atom. The van der Waals surface area contributed by atoms with Crippen LogP contribution in [0.15, 0.2) is 10.6 Å². The van der Waals surface area contributed by atoms with E-state index < -0.39 is 0 Å². The van der Waals surface area contributed by atoms with Crippen LogP contribution in [-0.2, 0) is 9.53 Å². The number of esters is 1. The second-order valence-corrected chi connectivity index (χ2v) is 3.67. The molecule has 2 unspecified atom stereocenters. The van der Waals surface area contributed by atoms with Crippen molar-refractivity contribution in [3.63, 3.8) is 0 Å². The highest BCUT2D eigenvalue weighted by molar-refractivity contribution is 5.75. The number of ether oxygens (including phenoxy) is 1. The van der Waals surface area contributed by atoms with E-state index >= 15 is 0 Å². The highest BCUT2D eigenvalue weighted by Gasteiger charge is 2.19. The molecule has 0 saturated carbocycles. The Morgan fingerprint density at radius 1 is 1.62 bits per heavy atom. The van der Waals surface area contributed by atoms with Crippen LogP contribution in [0.1, 0.15) is 38.5 Å². The van der Waals surface area contributed by atoms with Crippen molar-refractivity contribution in [1.82, 2.24) is 10.3 Å². The van der Waals surface area contributed by atoms with Gasteiger partial charge in [-0.15, -0.1) is 0 Å². The summed E-state index contributed by atoms with van der Waals surface area (Å²) < 4.78 is 10.3. The number of oxazole rings is 1. The van der Waals surface area contributed by atoms with E-state index in [-0.39, 0.29) is 18.1 Å². The minimum Gasteiger partial charge on any atom is -0.465 e. The van der Waals surface area contributed by atoms with Gasteiger partial charge in [0.2, 0.25) is 5.89 Å². The van der Waals surface area contributed by atoms with Crippen LogP contribution in [0.2, 0.25) is 0 Å². The first-order valence-corrected chi connectivity index (χ1v) is 5.39. The molecule has 1 heterocycles. The van der Waals surface area contributed by atoms with Gasteiger partial charge in [0.25, 0.3) is 0 Å². The zero-order chi connectivity index (χ0) is 12.1. The van der Waals surface area contributed by atoms with Crippen LogP contribution in [-0.4, -0.2) is 23.6 Å². The molecule has 0 radical (unpaired) electrons.